The number of benzene rings is 12. The molecule has 0 saturated carbocycles. The van der Waals surface area contributed by atoms with Gasteiger partial charge in [-0.25, -0.2) is 0 Å². The zero-order valence-corrected chi connectivity index (χ0v) is 59.0. The van der Waals surface area contributed by atoms with E-state index in [9.17, 15) is 0 Å². The molecule has 8 heteroatoms. The predicted molar refractivity (Wildman–Crippen MR) is 393 cm³/mol. The summed E-state index contributed by atoms with van der Waals surface area (Å²) in [5.41, 5.74) is 0. The summed E-state index contributed by atoms with van der Waals surface area (Å²) in [4.78, 5) is 0. The molecule has 0 amide bonds. The maximum atomic E-state index is 2.35. The standard InChI is InChI=1S/4C21H16P.2FH.2Zr/c4*1-3-11-19(12-4-1)22(20-13-5-2-6-14-20)21-15-17-9-7-8-10-18(17)16-21;;;;/h4*1-16H;2*1H;;/q4*-1;;;2*+2/p-2. The van der Waals surface area contributed by atoms with Crippen LogP contribution in [-0.2, 0) is 52.4 Å². The molecule has 16 rings (SSSR count). The minimum absolute atomic E-state index is 0. The van der Waals surface area contributed by atoms with Crippen molar-refractivity contribution in [3.63, 3.8) is 0 Å². The second kappa shape index (κ2) is 34.4. The SMILES string of the molecule is [F-].[F-].[Zr+2].[Zr+2].c1ccc(P(c2ccccc2)c2cc3ccccc3[cH-]2)cc1.c1ccc(P(c2ccccc2)c2cc3ccccc3[cH-]2)cc1.c1ccc(P(c2ccccc2)c2cc3ccccc3[cH-]2)cc1.c1ccc(P(c2ccccc2)c2cc3ccccc3[cH-]2)cc1. The average Bonchev–Trinajstić information content (AvgIpc) is 1.73. The van der Waals surface area contributed by atoms with Crippen molar-refractivity contribution in [2.24, 2.45) is 0 Å². The third-order valence-corrected chi connectivity index (χ3v) is 25.2. The van der Waals surface area contributed by atoms with Crippen molar-refractivity contribution in [3.8, 4) is 0 Å². The molecule has 0 unspecified atom stereocenters. The largest absolute Gasteiger partial charge is 2.00 e. The zero-order valence-electron chi connectivity index (χ0n) is 50.5. The Hall–Kier alpha value is -7.57. The van der Waals surface area contributed by atoms with E-state index in [4.69, 9.17) is 0 Å². The van der Waals surface area contributed by atoms with Crippen molar-refractivity contribution in [3.05, 3.63) is 388 Å². The van der Waals surface area contributed by atoms with E-state index >= 15 is 0 Å². The van der Waals surface area contributed by atoms with Crippen LogP contribution in [0.25, 0.3) is 43.1 Å². The maximum Gasteiger partial charge on any atom is 2.00 e. The Balaban J connectivity index is 0.000000143. The van der Waals surface area contributed by atoms with Gasteiger partial charge in [-0.1, -0.05) is 267 Å². The normalized spacial score (nSPS) is 10.7. The number of fused-ring (bicyclic) bond motifs is 4. The van der Waals surface area contributed by atoms with Crippen LogP contribution in [0.5, 0.6) is 0 Å². The molecule has 0 aliphatic carbocycles. The number of hydrogen-bond donors (Lipinski definition) is 0. The van der Waals surface area contributed by atoms with Gasteiger partial charge in [-0.2, -0.15) is 24.3 Å². The van der Waals surface area contributed by atoms with Gasteiger partial charge in [0, 0.05) is 0 Å². The molecule has 0 nitrogen and oxygen atoms in total. The van der Waals surface area contributed by atoms with E-state index < -0.39 is 31.7 Å². The van der Waals surface area contributed by atoms with E-state index in [1.807, 2.05) is 0 Å². The second-order valence-corrected chi connectivity index (χ2v) is 30.3. The molecule has 0 N–H and O–H groups in total. The Kier molecular flexibility index (Phi) is 25.7. The van der Waals surface area contributed by atoms with Gasteiger partial charge in [0.25, 0.3) is 0 Å². The van der Waals surface area contributed by atoms with Crippen molar-refractivity contribution in [1.29, 1.82) is 0 Å². The first kappa shape index (κ1) is 68.8. The van der Waals surface area contributed by atoms with Gasteiger partial charge in [-0.05, 0) is 74.1 Å². The number of hydrogen-bond acceptors (Lipinski definition) is 0. The van der Waals surface area contributed by atoms with Gasteiger partial charge in [0.15, 0.2) is 0 Å². The molecule has 0 aliphatic rings. The molecule has 0 radical (unpaired) electrons. The van der Waals surface area contributed by atoms with E-state index in [2.05, 4.69) is 388 Å². The van der Waals surface area contributed by atoms with Crippen LogP contribution in [0, 0.1) is 0 Å². The van der Waals surface area contributed by atoms with Crippen molar-refractivity contribution < 1.29 is 61.8 Å². The van der Waals surface area contributed by atoms with Gasteiger partial charge >= 0.3 is 52.4 Å². The molecule has 0 aromatic heterocycles. The van der Waals surface area contributed by atoms with Gasteiger partial charge in [0.05, 0.1) is 0 Å². The van der Waals surface area contributed by atoms with Crippen LogP contribution in [-0.4, -0.2) is 0 Å². The van der Waals surface area contributed by atoms with Gasteiger partial charge in [0.2, 0.25) is 0 Å². The third kappa shape index (κ3) is 16.8. The van der Waals surface area contributed by atoms with Crippen molar-refractivity contribution in [1.82, 2.24) is 0 Å². The number of halogens is 2. The monoisotopic (exact) mass is 1410 g/mol. The van der Waals surface area contributed by atoms with Crippen molar-refractivity contribution >= 4 is 138 Å². The molecule has 16 aromatic rings. The van der Waals surface area contributed by atoms with Crippen LogP contribution in [0.1, 0.15) is 0 Å². The Morgan fingerprint density at radius 3 is 0.435 bits per heavy atom. The molecule has 0 bridgehead atoms. The molecule has 92 heavy (non-hydrogen) atoms. The van der Waals surface area contributed by atoms with Crippen molar-refractivity contribution in [2.75, 3.05) is 0 Å². The quantitative estimate of drug-likeness (QED) is 0.0845. The van der Waals surface area contributed by atoms with Gasteiger partial charge in [-0.3, -0.25) is 0 Å². The predicted octanol–water partition coefficient (Wildman–Crippen LogP) is 11.3. The van der Waals surface area contributed by atoms with E-state index in [1.54, 1.807) is 0 Å². The summed E-state index contributed by atoms with van der Waals surface area (Å²) in [6.45, 7) is 0. The Morgan fingerprint density at radius 1 is 0.163 bits per heavy atom. The fourth-order valence-corrected chi connectivity index (χ4v) is 20.9. The number of rotatable bonds is 12. The fourth-order valence-electron chi connectivity index (χ4n) is 11.5. The smallest absolute Gasteiger partial charge is 1.00 e. The summed E-state index contributed by atoms with van der Waals surface area (Å²) in [5.74, 6) is 0. The third-order valence-electron chi connectivity index (χ3n) is 15.6. The summed E-state index contributed by atoms with van der Waals surface area (Å²) in [7, 11) is -1.97. The van der Waals surface area contributed by atoms with Crippen LogP contribution >= 0.6 is 31.7 Å². The van der Waals surface area contributed by atoms with Crippen LogP contribution in [0.4, 0.5) is 0 Å². The topological polar surface area (TPSA) is 0 Å². The van der Waals surface area contributed by atoms with E-state index in [-0.39, 0.29) is 61.8 Å². The van der Waals surface area contributed by atoms with Crippen LogP contribution in [0.15, 0.2) is 388 Å². The summed E-state index contributed by atoms with van der Waals surface area (Å²) in [5, 5.41) is 27.6. The fraction of sp³-hybridized carbons (Fsp3) is 0. The van der Waals surface area contributed by atoms with Gasteiger partial charge in [-0.15, -0.1) is 161 Å². The summed E-state index contributed by atoms with van der Waals surface area (Å²) < 4.78 is 0. The minimum Gasteiger partial charge on any atom is -1.00 e. The first-order valence-corrected chi connectivity index (χ1v) is 35.3. The molecule has 16 aromatic carbocycles. The van der Waals surface area contributed by atoms with E-state index in [0.29, 0.717) is 0 Å². The van der Waals surface area contributed by atoms with Crippen LogP contribution < -0.4 is 73.1 Å². The molecular formula is C84H64F2P4Zr2-2. The Morgan fingerprint density at radius 2 is 0.293 bits per heavy atom. The maximum absolute atomic E-state index is 2.35. The zero-order chi connectivity index (χ0) is 59.1. The molecule has 0 atom stereocenters. The minimum atomic E-state index is -0.493. The molecule has 444 valence electrons. The molecule has 0 heterocycles. The molecule has 0 saturated heterocycles. The first-order chi connectivity index (χ1) is 43.7. The van der Waals surface area contributed by atoms with Crippen LogP contribution in [0.2, 0.25) is 0 Å². The average molecular weight is 1420 g/mol. The van der Waals surface area contributed by atoms with E-state index in [1.165, 1.54) is 107 Å². The summed E-state index contributed by atoms with van der Waals surface area (Å²) in [6.07, 6.45) is 0. The van der Waals surface area contributed by atoms with Gasteiger partial charge in [0.1, 0.15) is 0 Å². The second-order valence-electron chi connectivity index (χ2n) is 21.4. The molecule has 0 fully saturated rings. The summed E-state index contributed by atoms with van der Waals surface area (Å²) >= 11 is 0. The Labute approximate surface area is 583 Å². The van der Waals surface area contributed by atoms with E-state index in [0.717, 1.165) is 0 Å². The summed E-state index contributed by atoms with van der Waals surface area (Å²) in [6, 6.07) is 140. The van der Waals surface area contributed by atoms with Crippen LogP contribution in [0.3, 0.4) is 0 Å². The molecular weight excluding hydrogens is 1350 g/mol. The van der Waals surface area contributed by atoms with Gasteiger partial charge < -0.3 is 9.41 Å². The Bertz CT molecular complexity index is 3850. The van der Waals surface area contributed by atoms with Crippen molar-refractivity contribution in [2.45, 2.75) is 0 Å². The molecule has 0 aliphatic heterocycles. The molecule has 0 spiro atoms. The first-order valence-electron chi connectivity index (χ1n) is 29.9.